The first-order valence-electron chi connectivity index (χ1n) is 10.1. The highest BCUT2D eigenvalue weighted by molar-refractivity contribution is 4.89. The first-order valence-corrected chi connectivity index (χ1v) is 10.1. The van der Waals surface area contributed by atoms with Gasteiger partial charge in [-0.3, -0.25) is 0 Å². The molecule has 1 radical (unpaired) electrons. The molecule has 2 nitrogen and oxygen atoms in total. The van der Waals surface area contributed by atoms with Crippen molar-refractivity contribution in [3.05, 3.63) is 6.42 Å². The third-order valence-corrected chi connectivity index (χ3v) is 5.94. The quantitative estimate of drug-likeness (QED) is 0.624. The Balaban J connectivity index is 1.75. The number of likely N-dealkylation sites (tertiary alicyclic amines) is 1. The first-order chi connectivity index (χ1) is 10.8. The number of hydrogen-bond donors (Lipinski definition) is 1. The average molecular weight is 308 g/mol. The Hall–Kier alpha value is -0.0800. The molecule has 2 heterocycles. The van der Waals surface area contributed by atoms with E-state index in [-0.39, 0.29) is 0 Å². The molecule has 2 rings (SSSR count). The molecule has 1 N–H and O–H groups in total. The number of unbranched alkanes of at least 4 members (excludes halogenated alkanes) is 3. The zero-order valence-electron chi connectivity index (χ0n) is 15.2. The Morgan fingerprint density at radius 2 is 1.59 bits per heavy atom. The fourth-order valence-electron chi connectivity index (χ4n) is 4.42. The number of piperidine rings is 2. The summed E-state index contributed by atoms with van der Waals surface area (Å²) in [7, 11) is 0. The lowest BCUT2D eigenvalue weighted by Crippen LogP contribution is -2.44. The molecule has 2 aliphatic heterocycles. The van der Waals surface area contributed by atoms with Gasteiger partial charge in [0, 0.05) is 6.04 Å². The standard InChI is InChI=1S/C20H39N2/c1-3-5-7-9-20(8-6-4-2)22-16-12-19(13-17-22)18-10-14-21-15-11-18/h9,18-21H,3-8,10-17H2,1-2H3. The van der Waals surface area contributed by atoms with Crippen molar-refractivity contribution in [2.45, 2.75) is 84.1 Å². The molecule has 1 atom stereocenters. The molecule has 0 aromatic rings. The van der Waals surface area contributed by atoms with Crippen LogP contribution in [0.25, 0.3) is 0 Å². The number of rotatable bonds is 9. The van der Waals surface area contributed by atoms with Gasteiger partial charge in [0.15, 0.2) is 0 Å². The smallest absolute Gasteiger partial charge is 0.0127 e. The summed E-state index contributed by atoms with van der Waals surface area (Å²) in [6, 6.07) is 0.764. The largest absolute Gasteiger partial charge is 0.317 e. The Morgan fingerprint density at radius 3 is 2.23 bits per heavy atom. The van der Waals surface area contributed by atoms with E-state index in [9.17, 15) is 0 Å². The van der Waals surface area contributed by atoms with Crippen molar-refractivity contribution in [3.8, 4) is 0 Å². The molecular formula is C20H39N2. The van der Waals surface area contributed by atoms with E-state index in [1.54, 1.807) is 0 Å². The monoisotopic (exact) mass is 307 g/mol. The minimum absolute atomic E-state index is 0.764. The fraction of sp³-hybridized carbons (Fsp3) is 0.950. The Bertz CT molecular complexity index is 265. The van der Waals surface area contributed by atoms with Gasteiger partial charge in [-0.25, -0.2) is 0 Å². The van der Waals surface area contributed by atoms with Crippen LogP contribution in [0.3, 0.4) is 0 Å². The van der Waals surface area contributed by atoms with Crippen LogP contribution in [0.5, 0.6) is 0 Å². The van der Waals surface area contributed by atoms with E-state index in [0.717, 1.165) is 17.9 Å². The van der Waals surface area contributed by atoms with Gasteiger partial charge in [-0.2, -0.15) is 0 Å². The van der Waals surface area contributed by atoms with Crippen molar-refractivity contribution in [2.24, 2.45) is 11.8 Å². The summed E-state index contributed by atoms with van der Waals surface area (Å²) >= 11 is 0. The SMILES string of the molecule is CCCC[CH]C(CCCC)N1CCC(C2CCNCC2)CC1. The van der Waals surface area contributed by atoms with Crippen LogP contribution in [0.4, 0.5) is 0 Å². The van der Waals surface area contributed by atoms with E-state index in [2.05, 4.69) is 30.5 Å². The predicted molar refractivity (Wildman–Crippen MR) is 97.0 cm³/mol. The Morgan fingerprint density at radius 1 is 0.955 bits per heavy atom. The maximum Gasteiger partial charge on any atom is 0.0127 e. The zero-order chi connectivity index (χ0) is 15.6. The van der Waals surface area contributed by atoms with Crippen LogP contribution in [-0.2, 0) is 0 Å². The normalized spacial score (nSPS) is 23.7. The van der Waals surface area contributed by atoms with E-state index in [0.29, 0.717) is 0 Å². The minimum Gasteiger partial charge on any atom is -0.317 e. The molecule has 0 bridgehead atoms. The fourth-order valence-corrected chi connectivity index (χ4v) is 4.42. The van der Waals surface area contributed by atoms with Gasteiger partial charge in [0.05, 0.1) is 0 Å². The maximum atomic E-state index is 3.52. The van der Waals surface area contributed by atoms with Gasteiger partial charge in [-0.1, -0.05) is 39.5 Å². The van der Waals surface area contributed by atoms with Crippen molar-refractivity contribution in [1.82, 2.24) is 10.2 Å². The average Bonchev–Trinajstić information content (AvgIpc) is 2.59. The molecule has 129 valence electrons. The molecule has 0 aliphatic carbocycles. The first kappa shape index (κ1) is 18.3. The molecule has 2 aliphatic rings. The summed E-state index contributed by atoms with van der Waals surface area (Å²) in [5, 5.41) is 3.52. The molecule has 22 heavy (non-hydrogen) atoms. The van der Waals surface area contributed by atoms with E-state index < -0.39 is 0 Å². The van der Waals surface area contributed by atoms with Gasteiger partial charge in [-0.05, 0) is 83.0 Å². The van der Waals surface area contributed by atoms with Crippen LogP contribution in [0.2, 0.25) is 0 Å². The second-order valence-corrected chi connectivity index (χ2v) is 7.55. The molecular weight excluding hydrogens is 268 g/mol. The highest BCUT2D eigenvalue weighted by Crippen LogP contribution is 2.32. The molecule has 2 heteroatoms. The molecule has 0 spiro atoms. The Kier molecular flexibility index (Phi) is 8.84. The summed E-state index contributed by atoms with van der Waals surface area (Å²) in [6.45, 7) is 9.85. The topological polar surface area (TPSA) is 15.3 Å². The van der Waals surface area contributed by atoms with Crippen LogP contribution < -0.4 is 5.32 Å². The third kappa shape index (κ3) is 5.85. The van der Waals surface area contributed by atoms with Gasteiger partial charge < -0.3 is 10.2 Å². The van der Waals surface area contributed by atoms with Crippen LogP contribution in [0.15, 0.2) is 0 Å². The van der Waals surface area contributed by atoms with Crippen molar-refractivity contribution < 1.29 is 0 Å². The van der Waals surface area contributed by atoms with Crippen molar-refractivity contribution in [3.63, 3.8) is 0 Å². The summed E-state index contributed by atoms with van der Waals surface area (Å²) in [5.41, 5.74) is 0. The van der Waals surface area contributed by atoms with Crippen LogP contribution in [0.1, 0.15) is 78.1 Å². The minimum atomic E-state index is 0.764. The van der Waals surface area contributed by atoms with Crippen LogP contribution >= 0.6 is 0 Å². The van der Waals surface area contributed by atoms with Crippen molar-refractivity contribution in [2.75, 3.05) is 26.2 Å². The Labute approximate surface area is 139 Å². The molecule has 0 amide bonds. The lowest BCUT2D eigenvalue weighted by Gasteiger charge is -2.41. The number of nitrogens with zero attached hydrogens (tertiary/aromatic N) is 1. The van der Waals surface area contributed by atoms with Crippen molar-refractivity contribution in [1.29, 1.82) is 0 Å². The summed E-state index contributed by atoms with van der Waals surface area (Å²) in [6.07, 6.45) is 16.5. The third-order valence-electron chi connectivity index (χ3n) is 5.94. The lowest BCUT2D eigenvalue weighted by atomic mass is 9.79. The van der Waals surface area contributed by atoms with Gasteiger partial charge in [0.1, 0.15) is 0 Å². The molecule has 0 aromatic heterocycles. The van der Waals surface area contributed by atoms with Gasteiger partial charge in [0.25, 0.3) is 0 Å². The van der Waals surface area contributed by atoms with E-state index in [1.165, 1.54) is 90.4 Å². The van der Waals surface area contributed by atoms with E-state index >= 15 is 0 Å². The van der Waals surface area contributed by atoms with Gasteiger partial charge in [0.2, 0.25) is 0 Å². The van der Waals surface area contributed by atoms with Crippen molar-refractivity contribution >= 4 is 0 Å². The molecule has 2 fully saturated rings. The number of nitrogens with one attached hydrogen (secondary N) is 1. The van der Waals surface area contributed by atoms with E-state index in [4.69, 9.17) is 0 Å². The summed E-state index contributed by atoms with van der Waals surface area (Å²) in [5.74, 6) is 2.03. The second-order valence-electron chi connectivity index (χ2n) is 7.55. The second kappa shape index (κ2) is 10.6. The molecule has 0 aromatic carbocycles. The maximum absolute atomic E-state index is 3.52. The molecule has 1 unspecified atom stereocenters. The molecule has 2 saturated heterocycles. The summed E-state index contributed by atoms with van der Waals surface area (Å²) < 4.78 is 0. The highest BCUT2D eigenvalue weighted by Gasteiger charge is 2.29. The number of hydrogen-bond acceptors (Lipinski definition) is 2. The summed E-state index contributed by atoms with van der Waals surface area (Å²) in [4.78, 5) is 2.81. The lowest BCUT2D eigenvalue weighted by molar-refractivity contribution is 0.102. The highest BCUT2D eigenvalue weighted by atomic mass is 15.2. The predicted octanol–water partition coefficient (Wildman–Crippen LogP) is 4.65. The van der Waals surface area contributed by atoms with Crippen LogP contribution in [-0.4, -0.2) is 37.1 Å². The van der Waals surface area contributed by atoms with Gasteiger partial charge >= 0.3 is 0 Å². The van der Waals surface area contributed by atoms with E-state index in [1.807, 2.05) is 0 Å². The van der Waals surface area contributed by atoms with Gasteiger partial charge in [-0.15, -0.1) is 0 Å². The molecule has 0 saturated carbocycles. The zero-order valence-corrected chi connectivity index (χ0v) is 15.2. The van der Waals surface area contributed by atoms with Crippen LogP contribution in [0, 0.1) is 18.3 Å².